The number of carbonyl (C=O) groups is 1. The van der Waals surface area contributed by atoms with Crippen molar-refractivity contribution in [2.45, 2.75) is 38.1 Å². The molecule has 110 valence electrons. The summed E-state index contributed by atoms with van der Waals surface area (Å²) in [6.07, 6.45) is 4.83. The van der Waals surface area contributed by atoms with E-state index >= 15 is 0 Å². The summed E-state index contributed by atoms with van der Waals surface area (Å²) in [5, 5.41) is 0. The Bertz CT molecular complexity index is 446. The monoisotopic (exact) mass is 278 g/mol. The Morgan fingerprint density at radius 1 is 1.30 bits per heavy atom. The van der Waals surface area contributed by atoms with Crippen LogP contribution in [0.4, 0.5) is 4.39 Å². The van der Waals surface area contributed by atoms with Gasteiger partial charge in [0.2, 0.25) is 5.91 Å². The molecule has 1 fully saturated rings. The zero-order chi connectivity index (χ0) is 14.5. The van der Waals surface area contributed by atoms with Gasteiger partial charge in [-0.3, -0.25) is 4.79 Å². The average Bonchev–Trinajstić information content (AvgIpc) is 2.48. The summed E-state index contributed by atoms with van der Waals surface area (Å²) in [6, 6.07) is 6.38. The first-order valence-corrected chi connectivity index (χ1v) is 7.32. The molecule has 0 aromatic heterocycles. The summed E-state index contributed by atoms with van der Waals surface area (Å²) >= 11 is 0. The van der Waals surface area contributed by atoms with Crippen molar-refractivity contribution in [1.82, 2.24) is 4.90 Å². The molecule has 1 aromatic carbocycles. The van der Waals surface area contributed by atoms with Crippen molar-refractivity contribution in [1.29, 1.82) is 0 Å². The van der Waals surface area contributed by atoms with E-state index in [0.29, 0.717) is 18.9 Å². The minimum absolute atomic E-state index is 0.0851. The van der Waals surface area contributed by atoms with E-state index in [1.165, 1.54) is 18.6 Å². The van der Waals surface area contributed by atoms with Crippen LogP contribution in [0, 0.1) is 11.7 Å². The first kappa shape index (κ1) is 15.0. The minimum atomic E-state index is -0.273. The van der Waals surface area contributed by atoms with Crippen LogP contribution in [0.2, 0.25) is 0 Å². The molecule has 2 N–H and O–H groups in total. The summed E-state index contributed by atoms with van der Waals surface area (Å²) in [4.78, 5) is 14.2. The molecular weight excluding hydrogens is 255 g/mol. The molecule has 2 atom stereocenters. The summed E-state index contributed by atoms with van der Waals surface area (Å²) in [7, 11) is 1.87. The van der Waals surface area contributed by atoms with Gasteiger partial charge in [-0.25, -0.2) is 4.39 Å². The van der Waals surface area contributed by atoms with Gasteiger partial charge in [-0.2, -0.15) is 0 Å². The third kappa shape index (κ3) is 3.57. The van der Waals surface area contributed by atoms with E-state index in [4.69, 9.17) is 5.73 Å². The van der Waals surface area contributed by atoms with Crippen molar-refractivity contribution in [2.24, 2.45) is 11.7 Å². The van der Waals surface area contributed by atoms with Crippen molar-refractivity contribution in [3.8, 4) is 0 Å². The molecule has 2 unspecified atom stereocenters. The first-order chi connectivity index (χ1) is 9.61. The Morgan fingerprint density at radius 3 is 2.60 bits per heavy atom. The Hall–Kier alpha value is -1.42. The van der Waals surface area contributed by atoms with Crippen LogP contribution in [-0.2, 0) is 11.2 Å². The number of carbonyl (C=O) groups excluding carboxylic acids is 1. The highest BCUT2D eigenvalue weighted by atomic mass is 19.1. The largest absolute Gasteiger partial charge is 0.342 e. The van der Waals surface area contributed by atoms with Gasteiger partial charge in [0, 0.05) is 13.1 Å². The van der Waals surface area contributed by atoms with E-state index in [2.05, 4.69) is 0 Å². The summed E-state index contributed by atoms with van der Waals surface area (Å²) in [5.74, 6) is 0.220. The van der Waals surface area contributed by atoms with E-state index < -0.39 is 0 Å². The van der Waals surface area contributed by atoms with Crippen molar-refractivity contribution in [3.05, 3.63) is 35.6 Å². The van der Waals surface area contributed by atoms with Gasteiger partial charge in [0.15, 0.2) is 0 Å². The molecule has 1 aliphatic rings. The molecule has 0 saturated heterocycles. The van der Waals surface area contributed by atoms with Crippen LogP contribution in [0.25, 0.3) is 0 Å². The van der Waals surface area contributed by atoms with Gasteiger partial charge in [-0.15, -0.1) is 0 Å². The number of amides is 1. The van der Waals surface area contributed by atoms with Crippen LogP contribution in [0.1, 0.15) is 31.2 Å². The highest BCUT2D eigenvalue weighted by molar-refractivity contribution is 5.78. The smallest absolute Gasteiger partial charge is 0.226 e. The lowest BCUT2D eigenvalue weighted by molar-refractivity contribution is -0.132. The van der Waals surface area contributed by atoms with Crippen LogP contribution < -0.4 is 5.73 Å². The van der Waals surface area contributed by atoms with Crippen molar-refractivity contribution in [2.75, 3.05) is 13.6 Å². The van der Waals surface area contributed by atoms with Gasteiger partial charge in [0.1, 0.15) is 5.82 Å². The lowest BCUT2D eigenvalue weighted by Crippen LogP contribution is -2.46. The highest BCUT2D eigenvalue weighted by Gasteiger charge is 2.29. The fourth-order valence-electron chi connectivity index (χ4n) is 3.06. The maximum atomic E-state index is 12.9. The predicted octanol–water partition coefficient (Wildman–Crippen LogP) is 2.34. The van der Waals surface area contributed by atoms with E-state index in [1.54, 1.807) is 12.1 Å². The van der Waals surface area contributed by atoms with E-state index in [9.17, 15) is 9.18 Å². The van der Waals surface area contributed by atoms with E-state index in [0.717, 1.165) is 24.8 Å². The van der Waals surface area contributed by atoms with Crippen LogP contribution in [0.15, 0.2) is 24.3 Å². The van der Waals surface area contributed by atoms with E-state index in [-0.39, 0.29) is 17.8 Å². The van der Waals surface area contributed by atoms with Crippen molar-refractivity contribution in [3.63, 3.8) is 0 Å². The van der Waals surface area contributed by atoms with E-state index in [1.807, 2.05) is 11.9 Å². The molecule has 1 aromatic rings. The molecule has 2 rings (SSSR count). The third-order valence-corrected chi connectivity index (χ3v) is 4.33. The SMILES string of the molecule is CN(C(=O)Cc1ccc(F)cc1)C1CCCCC1CN. The second-order valence-corrected chi connectivity index (χ2v) is 5.66. The van der Waals surface area contributed by atoms with Gasteiger partial charge in [-0.05, 0) is 43.0 Å². The molecule has 1 saturated carbocycles. The van der Waals surface area contributed by atoms with Gasteiger partial charge < -0.3 is 10.6 Å². The molecule has 20 heavy (non-hydrogen) atoms. The van der Waals surface area contributed by atoms with Crippen LogP contribution in [0.3, 0.4) is 0 Å². The predicted molar refractivity (Wildman–Crippen MR) is 77.7 cm³/mol. The molecule has 4 heteroatoms. The summed E-state index contributed by atoms with van der Waals surface area (Å²) in [5.41, 5.74) is 6.67. The van der Waals surface area contributed by atoms with Gasteiger partial charge in [0.25, 0.3) is 0 Å². The number of hydrogen-bond acceptors (Lipinski definition) is 2. The molecule has 0 aliphatic heterocycles. The zero-order valence-corrected chi connectivity index (χ0v) is 12.0. The van der Waals surface area contributed by atoms with Crippen LogP contribution in [-0.4, -0.2) is 30.4 Å². The molecular formula is C16H23FN2O. The maximum absolute atomic E-state index is 12.9. The van der Waals surface area contributed by atoms with Gasteiger partial charge in [0.05, 0.1) is 6.42 Å². The molecule has 1 aliphatic carbocycles. The number of halogens is 1. The molecule has 0 radical (unpaired) electrons. The molecule has 0 spiro atoms. The molecule has 0 heterocycles. The lowest BCUT2D eigenvalue weighted by atomic mass is 9.83. The van der Waals surface area contributed by atoms with Crippen molar-refractivity contribution >= 4 is 5.91 Å². The number of rotatable bonds is 4. The fourth-order valence-corrected chi connectivity index (χ4v) is 3.06. The number of benzene rings is 1. The molecule has 1 amide bonds. The summed E-state index contributed by atoms with van der Waals surface area (Å²) in [6.45, 7) is 0.638. The minimum Gasteiger partial charge on any atom is -0.342 e. The zero-order valence-electron chi connectivity index (χ0n) is 12.0. The quantitative estimate of drug-likeness (QED) is 0.919. The first-order valence-electron chi connectivity index (χ1n) is 7.32. The topological polar surface area (TPSA) is 46.3 Å². The Balaban J connectivity index is 1.98. The number of hydrogen-bond donors (Lipinski definition) is 1. The maximum Gasteiger partial charge on any atom is 0.226 e. The second kappa shape index (κ2) is 6.84. The summed E-state index contributed by atoms with van der Waals surface area (Å²) < 4.78 is 12.9. The van der Waals surface area contributed by atoms with Crippen LogP contribution in [0.5, 0.6) is 0 Å². The lowest BCUT2D eigenvalue weighted by Gasteiger charge is -2.37. The van der Waals surface area contributed by atoms with Gasteiger partial charge in [-0.1, -0.05) is 25.0 Å². The second-order valence-electron chi connectivity index (χ2n) is 5.66. The third-order valence-electron chi connectivity index (χ3n) is 4.33. The number of nitrogens with zero attached hydrogens (tertiary/aromatic N) is 1. The molecule has 3 nitrogen and oxygen atoms in total. The number of nitrogens with two attached hydrogens (primary N) is 1. The Kier molecular flexibility index (Phi) is 5.12. The average molecular weight is 278 g/mol. The van der Waals surface area contributed by atoms with Crippen LogP contribution >= 0.6 is 0 Å². The Labute approximate surface area is 120 Å². The van der Waals surface area contributed by atoms with Gasteiger partial charge >= 0.3 is 0 Å². The normalized spacial score (nSPS) is 22.6. The highest BCUT2D eigenvalue weighted by Crippen LogP contribution is 2.27. The fraction of sp³-hybridized carbons (Fsp3) is 0.562. The van der Waals surface area contributed by atoms with Crippen molar-refractivity contribution < 1.29 is 9.18 Å². The molecule has 0 bridgehead atoms. The Morgan fingerprint density at radius 2 is 1.95 bits per heavy atom. The standard InChI is InChI=1S/C16H23FN2O/c1-19(15-5-3-2-4-13(15)11-18)16(20)10-12-6-8-14(17)9-7-12/h6-9,13,15H,2-5,10-11,18H2,1H3. The number of likely N-dealkylation sites (N-methyl/N-ethyl adjacent to an activating group) is 1.